The van der Waals surface area contributed by atoms with Crippen LogP contribution in [0.3, 0.4) is 0 Å². The Morgan fingerprint density at radius 3 is 0.957 bits per heavy atom. The van der Waals surface area contributed by atoms with E-state index in [0.29, 0.717) is 63.9 Å². The molecule has 0 spiro atoms. The summed E-state index contributed by atoms with van der Waals surface area (Å²) in [4.78, 5) is 18.0. The molecule has 0 aromatic heterocycles. The van der Waals surface area contributed by atoms with E-state index in [2.05, 4.69) is 27.7 Å². The second kappa shape index (κ2) is 22.3. The molecule has 2 aromatic carbocycles. The Hall–Kier alpha value is -2.33. The van der Waals surface area contributed by atoms with Gasteiger partial charge >= 0.3 is 39.0 Å². The van der Waals surface area contributed by atoms with Crippen LogP contribution in [0.2, 0.25) is 0 Å². The number of nitrogens with zero attached hydrogens (tertiary/aromatic N) is 4. The molecule has 12 nitrogen and oxygen atoms in total. The number of methoxy groups -OCH3 is 2. The molecule has 3 rings (SSSR count). The normalized spacial score (nSPS) is 16.2. The summed E-state index contributed by atoms with van der Waals surface area (Å²) in [6.45, 7) is 14.4. The fraction of sp³-hybridized carbons (Fsp3) is 0.562. The van der Waals surface area contributed by atoms with Crippen LogP contribution in [0, 0.1) is 10.8 Å². The Bertz CT molecular complexity index is 1060. The second-order valence-corrected chi connectivity index (χ2v) is 12.1. The molecule has 0 fully saturated rings. The zero-order valence-corrected chi connectivity index (χ0v) is 34.5. The van der Waals surface area contributed by atoms with Gasteiger partial charge in [0.05, 0.1) is 14.2 Å². The number of carboxylic acid groups (broad SMARTS) is 2. The van der Waals surface area contributed by atoms with Gasteiger partial charge in [0.2, 0.25) is 0 Å². The molecule has 4 bridgehead atoms. The first kappa shape index (κ1) is 45.8. The number of phenols is 2. The summed E-state index contributed by atoms with van der Waals surface area (Å²) in [5, 5.41) is 55.5. The van der Waals surface area contributed by atoms with Crippen molar-refractivity contribution in [1.29, 1.82) is 0 Å². The van der Waals surface area contributed by atoms with Crippen LogP contribution in [0.4, 0.5) is 0 Å². The maximum absolute atomic E-state index is 10.9. The van der Waals surface area contributed by atoms with Gasteiger partial charge in [0.15, 0.2) is 0 Å². The third-order valence-electron chi connectivity index (χ3n) is 6.24. The summed E-state index contributed by atoms with van der Waals surface area (Å²) in [7, 11) is 3.24. The van der Waals surface area contributed by atoms with Crippen molar-refractivity contribution >= 4 is 11.9 Å². The number of fused-ring (bicyclic) bond motifs is 4. The first-order valence-electron chi connectivity index (χ1n) is 14.2. The molecule has 0 radical (unpaired) electrons. The molecule has 248 valence electrons. The van der Waals surface area contributed by atoms with E-state index in [1.807, 2.05) is 24.3 Å². The number of carboxylic acids is 2. The second-order valence-electron chi connectivity index (χ2n) is 12.1. The summed E-state index contributed by atoms with van der Waals surface area (Å²) in [6, 6.07) is 7.32. The number of hydrogen-bond donors (Lipinski definition) is 4. The van der Waals surface area contributed by atoms with Crippen molar-refractivity contribution in [3.8, 4) is 23.0 Å². The summed E-state index contributed by atoms with van der Waals surface area (Å²) < 4.78 is 10.9. The van der Waals surface area contributed by atoms with Crippen LogP contribution >= 0.6 is 0 Å². The zero-order valence-electron chi connectivity index (χ0n) is 28.6. The molecule has 2 aromatic rings. The third kappa shape index (κ3) is 18.1. The van der Waals surface area contributed by atoms with Gasteiger partial charge in [-0.05, 0) is 46.5 Å². The predicted molar refractivity (Wildman–Crippen MR) is 171 cm³/mol. The summed E-state index contributed by atoms with van der Waals surface area (Å²) in [5.74, 6) is 0.159. The number of aliphatic carboxylic acids is 2. The Morgan fingerprint density at radius 2 is 0.783 bits per heavy atom. The van der Waals surface area contributed by atoms with Gasteiger partial charge in [0.1, 0.15) is 23.0 Å². The number of aromatic hydroxyl groups is 2. The van der Waals surface area contributed by atoms with E-state index in [0.717, 1.165) is 36.1 Å². The van der Waals surface area contributed by atoms with Crippen LogP contribution in [-0.2, 0) is 74.7 Å². The molecule has 0 unspecified atom stereocenters. The van der Waals surface area contributed by atoms with Crippen molar-refractivity contribution in [2.24, 2.45) is 10.8 Å². The van der Waals surface area contributed by atoms with Crippen molar-refractivity contribution in [2.45, 2.75) is 67.7 Å². The minimum atomic E-state index is -0.833. The van der Waals surface area contributed by atoms with E-state index in [4.69, 9.17) is 50.5 Å². The molecule has 0 amide bonds. The maximum atomic E-state index is 10.9. The first-order chi connectivity index (χ1) is 20.5. The molecule has 0 saturated carbocycles. The predicted octanol–water partition coefficient (Wildman–Crippen LogP) is 6.55. The summed E-state index contributed by atoms with van der Waals surface area (Å²) in [6.07, 6.45) is 0. The van der Waals surface area contributed by atoms with Crippen LogP contribution in [-0.4, -0.2) is 72.8 Å². The smallest absolute Gasteiger partial charge is 0.658 e. The molecular weight excluding hydrogens is 699 g/mol. The molecule has 46 heavy (non-hydrogen) atoms. The quantitative estimate of drug-likeness (QED) is 0.249. The minimum Gasteiger partial charge on any atom is -0.658 e. The number of rotatable bonds is 2. The van der Waals surface area contributed by atoms with Crippen LogP contribution in [0.25, 0.3) is 21.3 Å². The molecule has 1 aliphatic heterocycles. The summed E-state index contributed by atoms with van der Waals surface area (Å²) in [5.41, 5.74) is 2.56. The molecule has 1 aliphatic rings. The SMILES string of the molecule is CC(=O)O.CC(=O)O.COc1cc2c(O)c(c1)C[N-]CC(C)(C)C[N-]Cc1cc(OC)cc(c1O)C[N-]CC(C)(C)C[N-]C2.[Zn+2].[Zn+2]. The van der Waals surface area contributed by atoms with Crippen molar-refractivity contribution in [1.82, 2.24) is 0 Å². The van der Waals surface area contributed by atoms with Crippen molar-refractivity contribution in [3.05, 3.63) is 67.8 Å². The van der Waals surface area contributed by atoms with Gasteiger partial charge < -0.3 is 51.2 Å². The molecule has 4 N–H and O–H groups in total. The van der Waals surface area contributed by atoms with Crippen LogP contribution in [0.1, 0.15) is 63.8 Å². The monoisotopic (exact) mass is 744 g/mol. The number of hydrogen-bond acceptors (Lipinski definition) is 6. The standard InChI is InChI=1S/C28H40N4O4.2C2H4O2.2Zn/c1-27(2)15-29-11-19-7-23(35-5)9-21(25(19)33)13-31-17-28(3,4)18-32-14-22-10-24(36-6)8-20(26(22)34)12-30-16-27;2*1-2(3)4;;/h7-10,33-34H,11-18H2,1-6H3;2*1H3,(H,3,4);;/q-4;;;2*+2. The largest absolute Gasteiger partial charge is 2.00 e. The fourth-order valence-corrected chi connectivity index (χ4v) is 4.19. The molecular formula is C32H48N4O8Zn2. The summed E-state index contributed by atoms with van der Waals surface area (Å²) >= 11 is 0. The first-order valence-corrected chi connectivity index (χ1v) is 14.2. The van der Waals surface area contributed by atoms with Gasteiger partial charge in [-0.2, -0.15) is 0 Å². The van der Waals surface area contributed by atoms with Crippen LogP contribution < -0.4 is 9.47 Å². The Labute approximate surface area is 298 Å². The zero-order chi connectivity index (χ0) is 33.5. The van der Waals surface area contributed by atoms with Gasteiger partial charge in [-0.3, -0.25) is 9.59 Å². The van der Waals surface area contributed by atoms with E-state index in [-0.39, 0.29) is 61.3 Å². The van der Waals surface area contributed by atoms with E-state index >= 15 is 0 Å². The Kier molecular flexibility index (Phi) is 22.2. The molecule has 0 atom stereocenters. The number of carbonyl (C=O) groups is 2. The van der Waals surface area contributed by atoms with Crippen LogP contribution in [0.15, 0.2) is 24.3 Å². The van der Waals surface area contributed by atoms with Gasteiger partial charge in [-0.1, -0.05) is 38.5 Å². The Balaban J connectivity index is 0. The van der Waals surface area contributed by atoms with E-state index < -0.39 is 11.9 Å². The number of phenolic OH excluding ortho intramolecular Hbond substituents is 2. The van der Waals surface area contributed by atoms with Crippen molar-refractivity contribution in [2.75, 3.05) is 40.4 Å². The van der Waals surface area contributed by atoms with Crippen LogP contribution in [0.5, 0.6) is 23.0 Å². The molecule has 14 heteroatoms. The van der Waals surface area contributed by atoms with E-state index in [9.17, 15) is 10.2 Å². The Morgan fingerprint density at radius 1 is 0.587 bits per heavy atom. The molecule has 0 aliphatic carbocycles. The number of benzene rings is 2. The maximum Gasteiger partial charge on any atom is 2.00 e. The van der Waals surface area contributed by atoms with Gasteiger partial charge in [-0.15, -0.1) is 52.4 Å². The molecule has 0 saturated heterocycles. The van der Waals surface area contributed by atoms with Gasteiger partial charge in [-0.25, -0.2) is 0 Å². The average Bonchev–Trinajstić information content (AvgIpc) is 2.90. The average molecular weight is 748 g/mol. The minimum absolute atomic E-state index is 0. The number of ether oxygens (including phenoxy) is 2. The van der Waals surface area contributed by atoms with E-state index in [1.165, 1.54) is 0 Å². The molecule has 1 heterocycles. The van der Waals surface area contributed by atoms with Gasteiger partial charge in [0.25, 0.3) is 11.9 Å². The fourth-order valence-electron chi connectivity index (χ4n) is 4.19. The van der Waals surface area contributed by atoms with Gasteiger partial charge in [0, 0.05) is 13.8 Å². The third-order valence-corrected chi connectivity index (χ3v) is 6.24. The topological polar surface area (TPSA) is 190 Å². The van der Waals surface area contributed by atoms with E-state index in [1.54, 1.807) is 14.2 Å². The van der Waals surface area contributed by atoms with Crippen molar-refractivity contribution in [3.63, 3.8) is 0 Å². The van der Waals surface area contributed by atoms with Crippen molar-refractivity contribution < 1.29 is 78.4 Å².